The normalized spacial score (nSPS) is 10.3. The molecule has 2 aromatic carbocycles. The Morgan fingerprint density at radius 1 is 0.867 bits per heavy atom. The van der Waals surface area contributed by atoms with Crippen molar-refractivity contribution in [3.8, 4) is 11.1 Å². The second kappa shape index (κ2) is 4.21. The molecule has 0 aromatic heterocycles. The van der Waals surface area contributed by atoms with Crippen LogP contribution >= 0.6 is 23.2 Å². The Bertz CT molecular complexity index is 477. The summed E-state index contributed by atoms with van der Waals surface area (Å²) in [5, 5.41) is 0.990. The van der Waals surface area contributed by atoms with Crippen molar-refractivity contribution in [3.63, 3.8) is 0 Å². The summed E-state index contributed by atoms with van der Waals surface area (Å²) in [6, 6.07) is 11.5. The number of halogens is 3. The Balaban J connectivity index is 2.54. The summed E-state index contributed by atoms with van der Waals surface area (Å²) >= 11 is 11.9. The van der Waals surface area contributed by atoms with Crippen LogP contribution in [0.3, 0.4) is 0 Å². The van der Waals surface area contributed by atoms with Crippen LogP contribution in [-0.2, 0) is 0 Å². The predicted molar refractivity (Wildman–Crippen MR) is 61.9 cm³/mol. The zero-order valence-corrected chi connectivity index (χ0v) is 9.19. The summed E-state index contributed by atoms with van der Waals surface area (Å²) in [5.41, 5.74) is 1.66. The van der Waals surface area contributed by atoms with E-state index in [0.717, 1.165) is 11.1 Å². The van der Waals surface area contributed by atoms with E-state index in [1.165, 1.54) is 12.1 Å². The van der Waals surface area contributed by atoms with Crippen LogP contribution in [0.15, 0.2) is 42.5 Å². The molecule has 0 saturated carbocycles. The van der Waals surface area contributed by atoms with E-state index in [-0.39, 0.29) is 5.82 Å². The Kier molecular flexibility index (Phi) is 2.94. The van der Waals surface area contributed by atoms with Gasteiger partial charge in [0.15, 0.2) is 0 Å². The first-order chi connectivity index (χ1) is 7.18. The topological polar surface area (TPSA) is 0 Å². The van der Waals surface area contributed by atoms with Gasteiger partial charge in [0.1, 0.15) is 5.82 Å². The van der Waals surface area contributed by atoms with Crippen molar-refractivity contribution >= 4 is 23.2 Å². The highest BCUT2D eigenvalue weighted by Gasteiger charge is 2.06. The third-order valence-electron chi connectivity index (χ3n) is 2.11. The third kappa shape index (κ3) is 2.14. The summed E-state index contributed by atoms with van der Waals surface area (Å²) in [7, 11) is 0. The first-order valence-corrected chi connectivity index (χ1v) is 5.14. The van der Waals surface area contributed by atoms with Crippen LogP contribution in [-0.4, -0.2) is 0 Å². The van der Waals surface area contributed by atoms with E-state index in [1.807, 2.05) is 12.1 Å². The lowest BCUT2D eigenvalue weighted by Crippen LogP contribution is -1.81. The minimum absolute atomic E-state index is 0.267. The van der Waals surface area contributed by atoms with Gasteiger partial charge in [-0.05, 0) is 23.8 Å². The minimum atomic E-state index is -0.267. The Labute approximate surface area is 97.3 Å². The first-order valence-electron chi connectivity index (χ1n) is 4.38. The molecule has 0 N–H and O–H groups in total. The molecule has 0 aliphatic heterocycles. The van der Waals surface area contributed by atoms with Crippen LogP contribution in [0.4, 0.5) is 4.39 Å². The molecule has 0 aliphatic carbocycles. The highest BCUT2D eigenvalue weighted by atomic mass is 35.5. The molecule has 0 aliphatic rings. The maximum Gasteiger partial charge on any atom is 0.123 e. The van der Waals surface area contributed by atoms with E-state index in [9.17, 15) is 4.39 Å². The quantitative estimate of drug-likeness (QED) is 0.672. The molecule has 2 rings (SSSR count). The molecule has 0 atom stereocenters. The molecule has 76 valence electrons. The van der Waals surface area contributed by atoms with E-state index >= 15 is 0 Å². The van der Waals surface area contributed by atoms with Gasteiger partial charge in [-0.2, -0.15) is 0 Å². The number of rotatable bonds is 1. The van der Waals surface area contributed by atoms with E-state index in [0.29, 0.717) is 10.0 Å². The Morgan fingerprint density at radius 3 is 2.20 bits per heavy atom. The standard InChI is InChI=1S/C12H7Cl2F/c13-11-3-1-2-10(12(11)14)8-4-6-9(15)7-5-8/h1-7H. The van der Waals surface area contributed by atoms with Crippen LogP contribution in [0.5, 0.6) is 0 Å². The number of benzene rings is 2. The second-order valence-corrected chi connectivity index (χ2v) is 3.89. The lowest BCUT2D eigenvalue weighted by molar-refractivity contribution is 0.628. The van der Waals surface area contributed by atoms with Gasteiger partial charge < -0.3 is 0 Å². The van der Waals surface area contributed by atoms with Crippen molar-refractivity contribution in [1.82, 2.24) is 0 Å². The fourth-order valence-corrected chi connectivity index (χ4v) is 1.77. The summed E-state index contributed by atoms with van der Waals surface area (Å²) in [6.45, 7) is 0. The second-order valence-electron chi connectivity index (χ2n) is 3.11. The largest absolute Gasteiger partial charge is 0.207 e. The molecule has 0 saturated heterocycles. The Morgan fingerprint density at radius 2 is 1.53 bits per heavy atom. The zero-order valence-electron chi connectivity index (χ0n) is 7.68. The molecule has 0 heterocycles. The van der Waals surface area contributed by atoms with Gasteiger partial charge in [-0.15, -0.1) is 0 Å². The van der Waals surface area contributed by atoms with Crippen molar-refractivity contribution in [2.24, 2.45) is 0 Å². The highest BCUT2D eigenvalue weighted by molar-refractivity contribution is 6.43. The Hall–Kier alpha value is -1.05. The molecule has 0 unspecified atom stereocenters. The SMILES string of the molecule is Fc1ccc(-c2cccc(Cl)c2Cl)cc1. The van der Waals surface area contributed by atoms with Gasteiger partial charge in [-0.25, -0.2) is 4.39 Å². The number of hydrogen-bond donors (Lipinski definition) is 0. The van der Waals surface area contributed by atoms with Crippen molar-refractivity contribution in [2.45, 2.75) is 0 Å². The average Bonchev–Trinajstić information content (AvgIpc) is 2.24. The monoisotopic (exact) mass is 240 g/mol. The van der Waals surface area contributed by atoms with Crippen molar-refractivity contribution in [3.05, 3.63) is 58.3 Å². The van der Waals surface area contributed by atoms with Crippen molar-refractivity contribution in [2.75, 3.05) is 0 Å². The molecule has 0 radical (unpaired) electrons. The summed E-state index contributed by atoms with van der Waals surface area (Å²) in [6.07, 6.45) is 0. The molecule has 0 fully saturated rings. The minimum Gasteiger partial charge on any atom is -0.207 e. The molecule has 3 heteroatoms. The summed E-state index contributed by atoms with van der Waals surface area (Å²) < 4.78 is 12.7. The van der Waals surface area contributed by atoms with E-state index < -0.39 is 0 Å². The highest BCUT2D eigenvalue weighted by Crippen LogP contribution is 2.33. The van der Waals surface area contributed by atoms with Gasteiger partial charge in [0.05, 0.1) is 10.0 Å². The molecule has 0 spiro atoms. The summed E-state index contributed by atoms with van der Waals surface area (Å²) in [5.74, 6) is -0.267. The predicted octanol–water partition coefficient (Wildman–Crippen LogP) is 4.80. The van der Waals surface area contributed by atoms with E-state index in [4.69, 9.17) is 23.2 Å². The van der Waals surface area contributed by atoms with Gasteiger partial charge in [-0.1, -0.05) is 47.5 Å². The fraction of sp³-hybridized carbons (Fsp3) is 0. The van der Waals surface area contributed by atoms with E-state index in [1.54, 1.807) is 18.2 Å². The molecular formula is C12H7Cl2F. The lowest BCUT2D eigenvalue weighted by Gasteiger charge is -2.05. The summed E-state index contributed by atoms with van der Waals surface area (Å²) in [4.78, 5) is 0. The van der Waals surface area contributed by atoms with Gasteiger partial charge in [0.2, 0.25) is 0 Å². The van der Waals surface area contributed by atoms with Crippen molar-refractivity contribution in [1.29, 1.82) is 0 Å². The molecular weight excluding hydrogens is 234 g/mol. The smallest absolute Gasteiger partial charge is 0.123 e. The zero-order chi connectivity index (χ0) is 10.8. The fourth-order valence-electron chi connectivity index (χ4n) is 1.36. The lowest BCUT2D eigenvalue weighted by atomic mass is 10.1. The molecule has 0 amide bonds. The molecule has 0 nitrogen and oxygen atoms in total. The maximum atomic E-state index is 12.7. The van der Waals surface area contributed by atoms with Crippen LogP contribution in [0, 0.1) is 5.82 Å². The molecule has 15 heavy (non-hydrogen) atoms. The van der Waals surface area contributed by atoms with Crippen LogP contribution in [0.25, 0.3) is 11.1 Å². The first kappa shape index (κ1) is 10.5. The molecule has 0 bridgehead atoms. The van der Waals surface area contributed by atoms with Crippen molar-refractivity contribution < 1.29 is 4.39 Å². The van der Waals surface area contributed by atoms with Gasteiger partial charge in [0, 0.05) is 5.56 Å². The maximum absolute atomic E-state index is 12.7. The van der Waals surface area contributed by atoms with Crippen LogP contribution in [0.2, 0.25) is 10.0 Å². The van der Waals surface area contributed by atoms with Crippen LogP contribution < -0.4 is 0 Å². The van der Waals surface area contributed by atoms with Gasteiger partial charge in [-0.3, -0.25) is 0 Å². The van der Waals surface area contributed by atoms with Gasteiger partial charge >= 0.3 is 0 Å². The number of hydrogen-bond acceptors (Lipinski definition) is 0. The van der Waals surface area contributed by atoms with E-state index in [2.05, 4.69) is 0 Å². The average molecular weight is 241 g/mol. The van der Waals surface area contributed by atoms with Crippen LogP contribution in [0.1, 0.15) is 0 Å². The molecule has 2 aromatic rings. The third-order valence-corrected chi connectivity index (χ3v) is 2.93. The van der Waals surface area contributed by atoms with Gasteiger partial charge in [0.25, 0.3) is 0 Å².